The highest BCUT2D eigenvalue weighted by Gasteiger charge is 2.23. The average molecular weight is 749 g/mol. The molecule has 0 spiro atoms. The molecule has 4 heterocycles. The lowest BCUT2D eigenvalue weighted by atomic mass is 9.98. The van der Waals surface area contributed by atoms with Gasteiger partial charge in [-0.05, 0) is 64.4 Å². The minimum Gasteiger partial charge on any atom is -0.455 e. The molecule has 57 heavy (non-hydrogen) atoms. The van der Waals surface area contributed by atoms with Crippen LogP contribution in [0.25, 0.3) is 121 Å². The SMILES string of the molecule is c1ccc(-c2nc(-c3ccc(-c4cccc5sc6ccccc6c45)cc3)nc(-c3cc4ccccc4c4c3oc3ccc5oc(-c6ccccc6)nc5c34)n2)cc1. The second-order valence-electron chi connectivity index (χ2n) is 14.1. The molecule has 266 valence electrons. The number of furan rings is 1. The van der Waals surface area contributed by atoms with Crippen molar-refractivity contribution in [3.8, 4) is 56.7 Å². The summed E-state index contributed by atoms with van der Waals surface area (Å²) < 4.78 is 15.7. The van der Waals surface area contributed by atoms with Gasteiger partial charge in [0.1, 0.15) is 16.7 Å². The molecule has 0 bridgehead atoms. The van der Waals surface area contributed by atoms with Crippen LogP contribution in [0, 0.1) is 0 Å². The summed E-state index contributed by atoms with van der Waals surface area (Å²) in [5, 5.41) is 6.49. The lowest BCUT2D eigenvalue weighted by molar-refractivity contribution is 0.619. The van der Waals surface area contributed by atoms with Gasteiger partial charge in [0.2, 0.25) is 5.89 Å². The Hall–Kier alpha value is -7.48. The maximum absolute atomic E-state index is 6.80. The Labute approximate surface area is 329 Å². The van der Waals surface area contributed by atoms with Crippen LogP contribution in [0.15, 0.2) is 179 Å². The second kappa shape index (κ2) is 12.5. The summed E-state index contributed by atoms with van der Waals surface area (Å²) >= 11 is 1.83. The molecular formula is C50H28N4O2S. The third-order valence-electron chi connectivity index (χ3n) is 10.8. The fourth-order valence-electron chi connectivity index (χ4n) is 8.12. The standard InChI is InChI=1S/C50H28N4O2S/c1-3-12-30(13-4-1)47-52-48(31-24-22-29(23-25-31)34-19-11-21-41-42(34)36-18-9-10-20-40(36)57-41)54-49(53-47)37-28-33-16-7-8-17-35(33)43-44-38(55-46(37)43)26-27-39-45(44)51-50(56-39)32-14-5-2-6-15-32/h1-28H. The molecule has 0 aliphatic heterocycles. The molecule has 12 aromatic rings. The quantitative estimate of drug-likeness (QED) is 0.174. The van der Waals surface area contributed by atoms with Crippen LogP contribution < -0.4 is 0 Å². The van der Waals surface area contributed by atoms with Gasteiger partial charge >= 0.3 is 0 Å². The Morgan fingerprint density at radius 1 is 0.386 bits per heavy atom. The molecule has 0 radical (unpaired) electrons. The number of hydrogen-bond donors (Lipinski definition) is 0. The molecule has 12 rings (SSSR count). The molecule has 0 aliphatic rings. The maximum atomic E-state index is 6.80. The summed E-state index contributed by atoms with van der Waals surface area (Å²) in [6, 6.07) is 58.1. The number of rotatable bonds is 5. The van der Waals surface area contributed by atoms with Gasteiger partial charge in [-0.1, -0.05) is 127 Å². The predicted molar refractivity (Wildman–Crippen MR) is 232 cm³/mol. The van der Waals surface area contributed by atoms with Gasteiger partial charge in [0, 0.05) is 42.2 Å². The van der Waals surface area contributed by atoms with Gasteiger partial charge in [0.15, 0.2) is 23.1 Å². The number of fused-ring (bicyclic) bond motifs is 10. The Morgan fingerprint density at radius 2 is 1.02 bits per heavy atom. The molecule has 0 saturated heterocycles. The van der Waals surface area contributed by atoms with Gasteiger partial charge in [-0.15, -0.1) is 11.3 Å². The van der Waals surface area contributed by atoms with E-state index >= 15 is 0 Å². The first kappa shape index (κ1) is 31.8. The monoisotopic (exact) mass is 748 g/mol. The minimum atomic E-state index is 0.522. The summed E-state index contributed by atoms with van der Waals surface area (Å²) in [5.74, 6) is 2.24. The van der Waals surface area contributed by atoms with E-state index in [4.69, 9.17) is 28.8 Å². The molecular weight excluding hydrogens is 721 g/mol. The van der Waals surface area contributed by atoms with Crippen molar-refractivity contribution in [2.75, 3.05) is 0 Å². The average Bonchev–Trinajstić information content (AvgIpc) is 4.00. The van der Waals surface area contributed by atoms with Gasteiger partial charge < -0.3 is 8.83 Å². The summed E-state index contributed by atoms with van der Waals surface area (Å²) in [4.78, 5) is 20.5. The molecule has 0 unspecified atom stereocenters. The van der Waals surface area contributed by atoms with Crippen LogP contribution in [-0.2, 0) is 0 Å². The van der Waals surface area contributed by atoms with Gasteiger partial charge in [-0.25, -0.2) is 19.9 Å². The molecule has 0 saturated carbocycles. The third-order valence-corrected chi connectivity index (χ3v) is 11.9. The highest BCUT2D eigenvalue weighted by molar-refractivity contribution is 7.25. The van der Waals surface area contributed by atoms with E-state index in [2.05, 4.69) is 97.1 Å². The minimum absolute atomic E-state index is 0.522. The van der Waals surface area contributed by atoms with Gasteiger partial charge in [-0.3, -0.25) is 0 Å². The van der Waals surface area contributed by atoms with Crippen LogP contribution in [0.4, 0.5) is 0 Å². The molecule has 8 aromatic carbocycles. The van der Waals surface area contributed by atoms with E-state index in [0.717, 1.165) is 54.9 Å². The lowest BCUT2D eigenvalue weighted by Crippen LogP contribution is -2.00. The highest BCUT2D eigenvalue weighted by atomic mass is 32.1. The first-order valence-electron chi connectivity index (χ1n) is 18.8. The normalized spacial score (nSPS) is 11.9. The van der Waals surface area contributed by atoms with E-state index in [-0.39, 0.29) is 0 Å². The zero-order valence-corrected chi connectivity index (χ0v) is 31.0. The molecule has 0 aliphatic carbocycles. The van der Waals surface area contributed by atoms with E-state index in [1.807, 2.05) is 84.1 Å². The number of thiophene rings is 1. The summed E-state index contributed by atoms with van der Waals surface area (Å²) in [6.07, 6.45) is 0. The van der Waals surface area contributed by atoms with Crippen molar-refractivity contribution >= 4 is 75.3 Å². The molecule has 7 heteroatoms. The highest BCUT2D eigenvalue weighted by Crippen LogP contribution is 2.44. The van der Waals surface area contributed by atoms with Gasteiger partial charge in [0.05, 0.1) is 10.9 Å². The number of benzene rings is 8. The second-order valence-corrected chi connectivity index (χ2v) is 15.2. The van der Waals surface area contributed by atoms with Crippen molar-refractivity contribution in [1.29, 1.82) is 0 Å². The Kier molecular flexibility index (Phi) is 7.00. The van der Waals surface area contributed by atoms with E-state index in [1.165, 1.54) is 25.7 Å². The van der Waals surface area contributed by atoms with E-state index in [0.29, 0.717) is 40.1 Å². The van der Waals surface area contributed by atoms with E-state index < -0.39 is 0 Å². The van der Waals surface area contributed by atoms with Crippen LogP contribution >= 0.6 is 11.3 Å². The molecule has 0 atom stereocenters. The lowest BCUT2D eigenvalue weighted by Gasteiger charge is -2.11. The van der Waals surface area contributed by atoms with Crippen LogP contribution in [-0.4, -0.2) is 19.9 Å². The molecule has 0 amide bonds. The van der Waals surface area contributed by atoms with Crippen molar-refractivity contribution in [2.45, 2.75) is 0 Å². The topological polar surface area (TPSA) is 77.8 Å². The summed E-state index contributed by atoms with van der Waals surface area (Å²) in [7, 11) is 0. The van der Waals surface area contributed by atoms with Crippen molar-refractivity contribution in [3.05, 3.63) is 170 Å². The summed E-state index contributed by atoms with van der Waals surface area (Å²) in [6.45, 7) is 0. The fourth-order valence-corrected chi connectivity index (χ4v) is 9.25. The van der Waals surface area contributed by atoms with Crippen LogP contribution in [0.3, 0.4) is 0 Å². The molecule has 0 fully saturated rings. The zero-order valence-electron chi connectivity index (χ0n) is 30.2. The van der Waals surface area contributed by atoms with Crippen LogP contribution in [0.1, 0.15) is 0 Å². The number of oxazole rings is 1. The van der Waals surface area contributed by atoms with E-state index in [1.54, 1.807) is 0 Å². The molecule has 6 nitrogen and oxygen atoms in total. The Balaban J connectivity index is 1.06. The smallest absolute Gasteiger partial charge is 0.227 e. The first-order chi connectivity index (χ1) is 28.2. The Morgan fingerprint density at radius 3 is 1.82 bits per heavy atom. The van der Waals surface area contributed by atoms with Crippen molar-refractivity contribution < 1.29 is 8.83 Å². The molecule has 4 aromatic heterocycles. The largest absolute Gasteiger partial charge is 0.455 e. The van der Waals surface area contributed by atoms with Gasteiger partial charge in [-0.2, -0.15) is 0 Å². The van der Waals surface area contributed by atoms with Crippen LogP contribution in [0.5, 0.6) is 0 Å². The van der Waals surface area contributed by atoms with Crippen molar-refractivity contribution in [2.24, 2.45) is 0 Å². The first-order valence-corrected chi connectivity index (χ1v) is 19.6. The predicted octanol–water partition coefficient (Wildman–Crippen LogP) is 13.8. The van der Waals surface area contributed by atoms with Crippen molar-refractivity contribution in [3.63, 3.8) is 0 Å². The Bertz CT molecular complexity index is 3520. The number of aromatic nitrogens is 4. The number of hydrogen-bond acceptors (Lipinski definition) is 7. The maximum Gasteiger partial charge on any atom is 0.227 e. The molecule has 0 N–H and O–H groups in total. The number of nitrogens with zero attached hydrogens (tertiary/aromatic N) is 4. The fraction of sp³-hybridized carbons (Fsp3) is 0. The van der Waals surface area contributed by atoms with Crippen LogP contribution in [0.2, 0.25) is 0 Å². The zero-order chi connectivity index (χ0) is 37.5. The van der Waals surface area contributed by atoms with Crippen molar-refractivity contribution in [1.82, 2.24) is 19.9 Å². The summed E-state index contributed by atoms with van der Waals surface area (Å²) in [5.41, 5.74) is 8.66. The van der Waals surface area contributed by atoms with Gasteiger partial charge in [0.25, 0.3) is 0 Å². The van der Waals surface area contributed by atoms with E-state index in [9.17, 15) is 0 Å². The third kappa shape index (κ3) is 5.10.